The van der Waals surface area contributed by atoms with Crippen molar-refractivity contribution >= 4 is 5.91 Å². The molecular formula is C19H21FN2O4. The molecule has 2 fully saturated rings. The molecule has 0 atom stereocenters. The van der Waals surface area contributed by atoms with E-state index in [9.17, 15) is 9.18 Å². The Kier molecular flexibility index (Phi) is 4.74. The number of hydrogen-bond donors (Lipinski definition) is 0. The minimum absolute atomic E-state index is 0.0588. The lowest BCUT2D eigenvalue weighted by molar-refractivity contribution is -0.187. The molecule has 6 nitrogen and oxygen atoms in total. The first-order valence-corrected chi connectivity index (χ1v) is 8.91. The first-order chi connectivity index (χ1) is 12.7. The van der Waals surface area contributed by atoms with Gasteiger partial charge in [-0.2, -0.15) is 0 Å². The van der Waals surface area contributed by atoms with E-state index in [2.05, 4.69) is 4.98 Å². The molecule has 3 heterocycles. The van der Waals surface area contributed by atoms with Crippen molar-refractivity contribution in [2.75, 3.05) is 26.3 Å². The van der Waals surface area contributed by atoms with Crippen LogP contribution in [0.2, 0.25) is 0 Å². The zero-order valence-corrected chi connectivity index (χ0v) is 14.4. The van der Waals surface area contributed by atoms with Crippen LogP contribution in [0.1, 0.15) is 25.2 Å². The normalized spacial score (nSPS) is 19.2. The van der Waals surface area contributed by atoms with Crippen LogP contribution in [0, 0.1) is 5.82 Å². The van der Waals surface area contributed by atoms with Crippen molar-refractivity contribution in [3.63, 3.8) is 0 Å². The second-order valence-corrected chi connectivity index (χ2v) is 6.59. The number of halogens is 1. The summed E-state index contributed by atoms with van der Waals surface area (Å²) >= 11 is 0. The first-order valence-electron chi connectivity index (χ1n) is 8.91. The SMILES string of the molecule is O=C(CCc1ncc(-c2ccccc2F)o1)N1CCC2(CC1)OCCO2. The van der Waals surface area contributed by atoms with Crippen LogP contribution >= 0.6 is 0 Å². The average molecular weight is 360 g/mol. The number of piperidine rings is 1. The van der Waals surface area contributed by atoms with E-state index in [1.165, 1.54) is 12.3 Å². The molecule has 1 aromatic heterocycles. The molecule has 7 heteroatoms. The van der Waals surface area contributed by atoms with Crippen LogP contribution in [-0.4, -0.2) is 47.9 Å². The van der Waals surface area contributed by atoms with Gasteiger partial charge in [-0.15, -0.1) is 0 Å². The molecule has 0 bridgehead atoms. The zero-order chi connectivity index (χ0) is 18.0. The van der Waals surface area contributed by atoms with Crippen molar-refractivity contribution in [2.24, 2.45) is 0 Å². The van der Waals surface area contributed by atoms with Crippen molar-refractivity contribution < 1.29 is 23.1 Å². The summed E-state index contributed by atoms with van der Waals surface area (Å²) < 4.78 is 30.8. The number of oxazole rings is 1. The number of nitrogens with zero attached hydrogens (tertiary/aromatic N) is 2. The van der Waals surface area contributed by atoms with Gasteiger partial charge in [0.1, 0.15) is 5.82 Å². The molecule has 1 aromatic carbocycles. The molecule has 4 rings (SSSR count). The largest absolute Gasteiger partial charge is 0.441 e. The molecule has 0 saturated carbocycles. The smallest absolute Gasteiger partial charge is 0.223 e. The average Bonchev–Trinajstić information content (AvgIpc) is 3.31. The highest BCUT2D eigenvalue weighted by molar-refractivity contribution is 5.76. The van der Waals surface area contributed by atoms with Gasteiger partial charge in [-0.05, 0) is 12.1 Å². The van der Waals surface area contributed by atoms with Gasteiger partial charge in [-0.25, -0.2) is 9.37 Å². The van der Waals surface area contributed by atoms with Gasteiger partial charge in [-0.1, -0.05) is 12.1 Å². The summed E-state index contributed by atoms with van der Waals surface area (Å²) in [5.74, 6) is 0.0375. The number of carbonyl (C=O) groups excluding carboxylic acids is 1. The third kappa shape index (κ3) is 3.50. The summed E-state index contributed by atoms with van der Waals surface area (Å²) in [4.78, 5) is 18.4. The van der Waals surface area contributed by atoms with Crippen LogP contribution in [0.3, 0.4) is 0 Å². The Balaban J connectivity index is 1.31. The molecule has 2 aliphatic heterocycles. The lowest BCUT2D eigenvalue weighted by Gasteiger charge is -2.37. The Morgan fingerprint density at radius 1 is 1.19 bits per heavy atom. The van der Waals surface area contributed by atoms with Crippen molar-refractivity contribution in [3.05, 3.63) is 42.2 Å². The number of rotatable bonds is 4. The molecule has 138 valence electrons. The summed E-state index contributed by atoms with van der Waals surface area (Å²) in [6, 6.07) is 6.38. The van der Waals surface area contributed by atoms with Gasteiger partial charge in [0.25, 0.3) is 0 Å². The molecule has 0 N–H and O–H groups in total. The topological polar surface area (TPSA) is 64.8 Å². The monoisotopic (exact) mass is 360 g/mol. The second kappa shape index (κ2) is 7.17. The van der Waals surface area contributed by atoms with Gasteiger partial charge in [0.05, 0.1) is 25.0 Å². The maximum atomic E-state index is 13.8. The number of benzene rings is 1. The van der Waals surface area contributed by atoms with Crippen molar-refractivity contribution in [3.8, 4) is 11.3 Å². The quantitative estimate of drug-likeness (QED) is 0.839. The van der Waals surface area contributed by atoms with E-state index in [1.807, 2.05) is 4.90 Å². The van der Waals surface area contributed by atoms with Gasteiger partial charge >= 0.3 is 0 Å². The van der Waals surface area contributed by atoms with E-state index >= 15 is 0 Å². The minimum Gasteiger partial charge on any atom is -0.441 e. The third-order valence-corrected chi connectivity index (χ3v) is 4.94. The predicted molar refractivity (Wildman–Crippen MR) is 90.7 cm³/mol. The molecule has 1 amide bonds. The number of hydrogen-bond acceptors (Lipinski definition) is 5. The summed E-state index contributed by atoms with van der Waals surface area (Å²) in [5, 5.41) is 0. The van der Waals surface area contributed by atoms with Crippen LogP contribution in [0.25, 0.3) is 11.3 Å². The van der Waals surface area contributed by atoms with Gasteiger partial charge in [0.15, 0.2) is 17.4 Å². The first kappa shape index (κ1) is 17.2. The standard InChI is InChI=1S/C19H21FN2O4/c20-15-4-2-1-3-14(15)16-13-21-17(26-16)5-6-18(23)22-9-7-19(8-10-22)24-11-12-25-19/h1-4,13H,5-12H2. The van der Waals surface area contributed by atoms with Crippen LogP contribution in [0.5, 0.6) is 0 Å². The van der Waals surface area contributed by atoms with E-state index < -0.39 is 5.79 Å². The van der Waals surface area contributed by atoms with E-state index in [1.54, 1.807) is 18.2 Å². The predicted octanol–water partition coefficient (Wildman–Crippen LogP) is 2.78. The fraction of sp³-hybridized carbons (Fsp3) is 0.474. The van der Waals surface area contributed by atoms with Crippen LogP contribution in [0.4, 0.5) is 4.39 Å². The molecule has 0 aliphatic carbocycles. The summed E-state index contributed by atoms with van der Waals surface area (Å²) in [6.45, 7) is 2.51. The van der Waals surface area contributed by atoms with Crippen LogP contribution in [0.15, 0.2) is 34.9 Å². The lowest BCUT2D eigenvalue weighted by Crippen LogP contribution is -2.47. The Bertz CT molecular complexity index is 775. The fourth-order valence-corrected chi connectivity index (χ4v) is 3.47. The Labute approximate surface area is 150 Å². The van der Waals surface area contributed by atoms with E-state index in [-0.39, 0.29) is 11.7 Å². The van der Waals surface area contributed by atoms with Crippen molar-refractivity contribution in [2.45, 2.75) is 31.5 Å². The highest BCUT2D eigenvalue weighted by Crippen LogP contribution is 2.31. The number of amides is 1. The Hall–Kier alpha value is -2.25. The van der Waals surface area contributed by atoms with Gasteiger partial charge in [0.2, 0.25) is 5.91 Å². The number of ether oxygens (including phenoxy) is 2. The van der Waals surface area contributed by atoms with E-state index in [0.717, 1.165) is 0 Å². The molecule has 26 heavy (non-hydrogen) atoms. The molecule has 1 spiro atoms. The van der Waals surface area contributed by atoms with Crippen LogP contribution in [-0.2, 0) is 20.7 Å². The minimum atomic E-state index is -0.478. The maximum Gasteiger partial charge on any atom is 0.223 e. The second-order valence-electron chi connectivity index (χ2n) is 6.59. The lowest BCUT2D eigenvalue weighted by atomic mass is 10.0. The molecular weight excluding hydrogens is 339 g/mol. The molecule has 2 aliphatic rings. The number of likely N-dealkylation sites (tertiary alicyclic amines) is 1. The highest BCUT2D eigenvalue weighted by Gasteiger charge is 2.40. The maximum absolute atomic E-state index is 13.8. The van der Waals surface area contributed by atoms with Crippen LogP contribution < -0.4 is 0 Å². The Morgan fingerprint density at radius 3 is 2.65 bits per heavy atom. The van der Waals surface area contributed by atoms with Gasteiger partial charge in [0, 0.05) is 38.8 Å². The summed E-state index contributed by atoms with van der Waals surface area (Å²) in [7, 11) is 0. The number of aryl methyl sites for hydroxylation is 1. The zero-order valence-electron chi connectivity index (χ0n) is 14.4. The van der Waals surface area contributed by atoms with Crippen molar-refractivity contribution in [1.29, 1.82) is 0 Å². The van der Waals surface area contributed by atoms with E-state index in [0.29, 0.717) is 69.2 Å². The molecule has 0 radical (unpaired) electrons. The fourth-order valence-electron chi connectivity index (χ4n) is 3.47. The molecule has 2 aromatic rings. The molecule has 0 unspecified atom stereocenters. The highest BCUT2D eigenvalue weighted by atomic mass is 19.1. The summed E-state index contributed by atoms with van der Waals surface area (Å²) in [5.41, 5.74) is 0.371. The summed E-state index contributed by atoms with van der Waals surface area (Å²) in [6.07, 6.45) is 3.61. The third-order valence-electron chi connectivity index (χ3n) is 4.94. The van der Waals surface area contributed by atoms with E-state index in [4.69, 9.17) is 13.9 Å². The van der Waals surface area contributed by atoms with Crippen molar-refractivity contribution in [1.82, 2.24) is 9.88 Å². The number of aromatic nitrogens is 1. The Morgan fingerprint density at radius 2 is 1.92 bits per heavy atom. The van der Waals surface area contributed by atoms with Gasteiger partial charge < -0.3 is 18.8 Å². The molecule has 2 saturated heterocycles. The number of carbonyl (C=O) groups is 1. The van der Waals surface area contributed by atoms with Gasteiger partial charge in [-0.3, -0.25) is 4.79 Å².